The lowest BCUT2D eigenvalue weighted by Gasteiger charge is -2.24. The fourth-order valence-corrected chi connectivity index (χ4v) is 4.65. The van der Waals surface area contributed by atoms with Crippen LogP contribution in [0.25, 0.3) is 10.9 Å². The van der Waals surface area contributed by atoms with E-state index in [1.807, 2.05) is 24.3 Å². The molecule has 0 aliphatic heterocycles. The van der Waals surface area contributed by atoms with Gasteiger partial charge in [-0.25, -0.2) is 9.78 Å². The lowest BCUT2D eigenvalue weighted by molar-refractivity contribution is -0.142. The van der Waals surface area contributed by atoms with Gasteiger partial charge < -0.3 is 42.5 Å². The zero-order valence-electron chi connectivity index (χ0n) is 22.4. The van der Waals surface area contributed by atoms with E-state index in [1.54, 1.807) is 12.5 Å². The van der Waals surface area contributed by atoms with Crippen LogP contribution in [0.3, 0.4) is 0 Å². The molecule has 0 radical (unpaired) electrons. The number of carbonyl (C=O) groups is 5. The minimum Gasteiger partial charge on any atom is -0.480 e. The SMILES string of the molecule is CSCCC(NC(=O)C(CC(N)=O)NC(=O)C(Cc1c[nH]c2ccccc12)NC(=O)C(N)Cc1cnc[nH]1)C(=O)O. The molecule has 1 aromatic carbocycles. The lowest BCUT2D eigenvalue weighted by Crippen LogP contribution is -2.58. The van der Waals surface area contributed by atoms with Crippen LogP contribution in [-0.4, -0.2) is 85.8 Å². The second kappa shape index (κ2) is 14.9. The predicted octanol–water partition coefficient (Wildman–Crippen LogP) is -0.829. The van der Waals surface area contributed by atoms with Gasteiger partial charge in [0.15, 0.2) is 0 Å². The van der Waals surface area contributed by atoms with Gasteiger partial charge in [0.05, 0.1) is 18.8 Å². The maximum atomic E-state index is 13.5. The molecule has 2 heterocycles. The predicted molar refractivity (Wildman–Crippen MR) is 153 cm³/mol. The van der Waals surface area contributed by atoms with Crippen LogP contribution in [0.2, 0.25) is 0 Å². The van der Waals surface area contributed by atoms with Crippen molar-refractivity contribution in [2.75, 3.05) is 12.0 Å². The Kier molecular flexibility index (Phi) is 11.3. The summed E-state index contributed by atoms with van der Waals surface area (Å²) in [5.74, 6) is -3.98. The molecular formula is C26H34N8O6S. The second-order valence-corrected chi connectivity index (χ2v) is 10.4. The third-order valence-electron chi connectivity index (χ3n) is 6.33. The molecule has 0 saturated heterocycles. The molecular weight excluding hydrogens is 552 g/mol. The summed E-state index contributed by atoms with van der Waals surface area (Å²) in [6.07, 6.45) is 6.18. The fraction of sp³-hybridized carbons (Fsp3) is 0.385. The Morgan fingerprint density at radius 3 is 2.32 bits per heavy atom. The number of carbonyl (C=O) groups excluding carboxylic acids is 4. The average Bonchev–Trinajstić information content (AvgIpc) is 3.59. The van der Waals surface area contributed by atoms with Gasteiger partial charge >= 0.3 is 5.97 Å². The molecule has 2 aromatic heterocycles. The zero-order valence-corrected chi connectivity index (χ0v) is 23.2. The Bertz CT molecular complexity index is 1360. The number of fused-ring (bicyclic) bond motifs is 1. The first-order valence-corrected chi connectivity index (χ1v) is 14.2. The number of primary amides is 1. The Morgan fingerprint density at radius 2 is 1.66 bits per heavy atom. The van der Waals surface area contributed by atoms with Crippen LogP contribution in [0.4, 0.5) is 0 Å². The van der Waals surface area contributed by atoms with E-state index in [-0.39, 0.29) is 19.3 Å². The van der Waals surface area contributed by atoms with E-state index in [9.17, 15) is 29.1 Å². The van der Waals surface area contributed by atoms with Crippen molar-refractivity contribution in [1.82, 2.24) is 30.9 Å². The number of hydrogen-bond acceptors (Lipinski definition) is 8. The van der Waals surface area contributed by atoms with Crippen molar-refractivity contribution in [2.24, 2.45) is 11.5 Å². The van der Waals surface area contributed by atoms with E-state index < -0.39 is 60.2 Å². The number of H-pyrrole nitrogens is 2. The van der Waals surface area contributed by atoms with Crippen LogP contribution in [0.5, 0.6) is 0 Å². The highest BCUT2D eigenvalue weighted by Crippen LogP contribution is 2.19. The monoisotopic (exact) mass is 586 g/mol. The molecule has 3 aromatic rings. The molecule has 0 spiro atoms. The summed E-state index contributed by atoms with van der Waals surface area (Å²) < 4.78 is 0. The van der Waals surface area contributed by atoms with Crippen LogP contribution >= 0.6 is 11.8 Å². The maximum Gasteiger partial charge on any atom is 0.326 e. The van der Waals surface area contributed by atoms with Gasteiger partial charge in [0.2, 0.25) is 23.6 Å². The number of para-hydroxylation sites is 1. The van der Waals surface area contributed by atoms with E-state index in [0.29, 0.717) is 17.0 Å². The molecule has 4 atom stereocenters. The van der Waals surface area contributed by atoms with Crippen molar-refractivity contribution in [1.29, 1.82) is 0 Å². The maximum absolute atomic E-state index is 13.5. The lowest BCUT2D eigenvalue weighted by atomic mass is 10.0. The van der Waals surface area contributed by atoms with Crippen molar-refractivity contribution in [2.45, 2.75) is 49.9 Å². The summed E-state index contributed by atoms with van der Waals surface area (Å²) in [6, 6.07) is 2.45. The topological polar surface area (TPSA) is 238 Å². The second-order valence-electron chi connectivity index (χ2n) is 9.42. The van der Waals surface area contributed by atoms with E-state index in [2.05, 4.69) is 30.9 Å². The van der Waals surface area contributed by atoms with E-state index in [4.69, 9.17) is 11.5 Å². The van der Waals surface area contributed by atoms with Gasteiger partial charge in [-0.3, -0.25) is 19.2 Å². The highest BCUT2D eigenvalue weighted by molar-refractivity contribution is 7.98. The standard InChI is InChI=1S/C26H34N8O6S/c1-41-7-6-19(26(39)40)32-25(38)21(10-22(28)35)34-24(37)20(8-14-11-30-18-5-3-2-4-16(14)18)33-23(36)17(27)9-15-12-29-13-31-15/h2-5,11-13,17,19-21,30H,6-10,27H2,1H3,(H2,28,35)(H,29,31)(H,32,38)(H,33,36)(H,34,37)(H,39,40). The number of carboxylic acid groups (broad SMARTS) is 1. The molecule has 0 fully saturated rings. The minimum atomic E-state index is -1.47. The Hall–Kier alpha value is -4.37. The van der Waals surface area contributed by atoms with E-state index in [0.717, 1.165) is 10.9 Å². The molecule has 41 heavy (non-hydrogen) atoms. The van der Waals surface area contributed by atoms with Crippen molar-refractivity contribution in [3.63, 3.8) is 0 Å². The first kappa shape index (κ1) is 31.2. The summed E-state index contributed by atoms with van der Waals surface area (Å²) >= 11 is 1.40. The van der Waals surface area contributed by atoms with Gasteiger partial charge in [-0.1, -0.05) is 18.2 Å². The molecule has 0 bridgehead atoms. The van der Waals surface area contributed by atoms with Crippen molar-refractivity contribution < 1.29 is 29.1 Å². The minimum absolute atomic E-state index is 0.0226. The Labute approximate surface area is 239 Å². The van der Waals surface area contributed by atoms with Crippen LogP contribution in [0.1, 0.15) is 24.1 Å². The van der Waals surface area contributed by atoms with Gasteiger partial charge in [0, 0.05) is 41.8 Å². The Balaban J connectivity index is 1.82. The van der Waals surface area contributed by atoms with Gasteiger partial charge in [-0.2, -0.15) is 11.8 Å². The number of carboxylic acids is 1. The first-order valence-electron chi connectivity index (χ1n) is 12.8. The average molecular weight is 587 g/mol. The third kappa shape index (κ3) is 9.08. The fourth-order valence-electron chi connectivity index (χ4n) is 4.18. The van der Waals surface area contributed by atoms with Gasteiger partial charge in [-0.05, 0) is 30.1 Å². The molecule has 4 unspecified atom stereocenters. The van der Waals surface area contributed by atoms with E-state index in [1.165, 1.54) is 24.3 Å². The molecule has 220 valence electrons. The van der Waals surface area contributed by atoms with Crippen molar-refractivity contribution in [3.8, 4) is 0 Å². The Morgan fingerprint density at radius 1 is 0.976 bits per heavy atom. The highest BCUT2D eigenvalue weighted by atomic mass is 32.2. The van der Waals surface area contributed by atoms with Gasteiger partial charge in [0.1, 0.15) is 18.1 Å². The molecule has 10 N–H and O–H groups in total. The summed E-state index contributed by atoms with van der Waals surface area (Å²) in [5, 5.41) is 17.8. The number of thioether (sulfide) groups is 1. The number of nitrogens with one attached hydrogen (secondary N) is 5. The molecule has 14 nitrogen and oxygen atoms in total. The first-order chi connectivity index (χ1) is 19.6. The summed E-state index contributed by atoms with van der Waals surface area (Å²) in [7, 11) is 0. The molecule has 0 aliphatic carbocycles. The van der Waals surface area contributed by atoms with Crippen LogP contribution < -0.4 is 27.4 Å². The summed E-state index contributed by atoms with van der Waals surface area (Å²) in [6.45, 7) is 0. The number of rotatable bonds is 16. The highest BCUT2D eigenvalue weighted by Gasteiger charge is 2.31. The van der Waals surface area contributed by atoms with Crippen LogP contribution in [0.15, 0.2) is 43.0 Å². The number of aromatic nitrogens is 3. The zero-order chi connectivity index (χ0) is 29.9. The largest absolute Gasteiger partial charge is 0.480 e. The number of aromatic amines is 2. The number of nitrogens with two attached hydrogens (primary N) is 2. The number of imidazole rings is 1. The van der Waals surface area contributed by atoms with E-state index >= 15 is 0 Å². The number of aliphatic carboxylic acids is 1. The number of benzene rings is 1. The van der Waals surface area contributed by atoms with Crippen molar-refractivity contribution >= 4 is 52.3 Å². The van der Waals surface area contributed by atoms with Crippen LogP contribution in [0, 0.1) is 0 Å². The number of amides is 4. The van der Waals surface area contributed by atoms with Gasteiger partial charge in [0.25, 0.3) is 0 Å². The normalized spacial score (nSPS) is 14.0. The van der Waals surface area contributed by atoms with Crippen LogP contribution in [-0.2, 0) is 36.8 Å². The third-order valence-corrected chi connectivity index (χ3v) is 6.97. The number of hydrogen-bond donors (Lipinski definition) is 8. The molecule has 3 rings (SSSR count). The molecule has 4 amide bonds. The van der Waals surface area contributed by atoms with Crippen molar-refractivity contribution in [3.05, 3.63) is 54.2 Å². The molecule has 15 heteroatoms. The summed E-state index contributed by atoms with van der Waals surface area (Å²) in [4.78, 5) is 72.8. The quantitative estimate of drug-likeness (QED) is 0.104. The molecule has 0 aliphatic rings. The molecule has 0 saturated carbocycles. The summed E-state index contributed by atoms with van der Waals surface area (Å²) in [5.41, 5.74) is 13.6. The van der Waals surface area contributed by atoms with Gasteiger partial charge in [-0.15, -0.1) is 0 Å². The smallest absolute Gasteiger partial charge is 0.326 e. The number of nitrogens with zero attached hydrogens (tertiary/aromatic N) is 1.